The number of hydrogen-bond donors (Lipinski definition) is 2. The van der Waals surface area contributed by atoms with Gasteiger partial charge < -0.3 is 16.0 Å². The van der Waals surface area contributed by atoms with Crippen LogP contribution in [0.15, 0.2) is 0 Å². The minimum absolute atomic E-state index is 0.0989. The van der Waals surface area contributed by atoms with Gasteiger partial charge in [-0.05, 0) is 0 Å². The van der Waals surface area contributed by atoms with Crippen LogP contribution in [0.4, 0.5) is 18.0 Å². The van der Waals surface area contributed by atoms with Crippen LogP contribution >= 0.6 is 0 Å². The molecule has 1 saturated heterocycles. The molecule has 0 radical (unpaired) electrons. The van der Waals surface area contributed by atoms with Gasteiger partial charge in [-0.1, -0.05) is 0 Å². The highest BCUT2D eigenvalue weighted by atomic mass is 19.4. The lowest BCUT2D eigenvalue weighted by Crippen LogP contribution is -2.36. The van der Waals surface area contributed by atoms with E-state index in [1.54, 1.807) is 0 Å². The quantitative estimate of drug-likeness (QED) is 0.594. The van der Waals surface area contributed by atoms with E-state index in [0.717, 1.165) is 0 Å². The molecule has 0 aromatic rings. The van der Waals surface area contributed by atoms with Crippen molar-refractivity contribution in [3.63, 3.8) is 0 Å². The second-order valence-corrected chi connectivity index (χ2v) is 2.55. The Balaban J connectivity index is 2.49. The Hall–Kier alpha value is -0.980. The van der Waals surface area contributed by atoms with Crippen molar-refractivity contribution in [3.8, 4) is 0 Å². The van der Waals surface area contributed by atoms with Crippen molar-refractivity contribution in [1.29, 1.82) is 0 Å². The maximum Gasteiger partial charge on any atom is 0.406 e. The Morgan fingerprint density at radius 3 is 2.58 bits per heavy atom. The van der Waals surface area contributed by atoms with Crippen molar-refractivity contribution in [1.82, 2.24) is 10.2 Å². The van der Waals surface area contributed by atoms with Crippen LogP contribution in [-0.4, -0.2) is 36.4 Å². The molecule has 12 heavy (non-hydrogen) atoms. The summed E-state index contributed by atoms with van der Waals surface area (Å²) in [6, 6.07) is -0.764. The number of amides is 2. The van der Waals surface area contributed by atoms with Crippen LogP contribution in [0.2, 0.25) is 0 Å². The van der Waals surface area contributed by atoms with E-state index in [4.69, 9.17) is 5.73 Å². The van der Waals surface area contributed by atoms with Crippen molar-refractivity contribution in [2.24, 2.45) is 5.73 Å². The Labute approximate surface area is 66.5 Å². The van der Waals surface area contributed by atoms with Gasteiger partial charge in [0.15, 0.2) is 0 Å². The highest BCUT2D eigenvalue weighted by Gasteiger charge is 2.36. The molecule has 1 heterocycles. The number of carbonyl (C=O) groups is 1. The van der Waals surface area contributed by atoms with Crippen LogP contribution in [0.5, 0.6) is 0 Å². The Kier molecular flexibility index (Phi) is 2.14. The van der Waals surface area contributed by atoms with Gasteiger partial charge in [-0.25, -0.2) is 4.79 Å². The predicted molar refractivity (Wildman–Crippen MR) is 34.1 cm³/mol. The third-order valence-corrected chi connectivity index (χ3v) is 1.38. The van der Waals surface area contributed by atoms with Gasteiger partial charge in [-0.15, -0.1) is 0 Å². The van der Waals surface area contributed by atoms with E-state index in [9.17, 15) is 18.0 Å². The molecule has 70 valence electrons. The van der Waals surface area contributed by atoms with Crippen molar-refractivity contribution in [2.45, 2.75) is 12.3 Å². The van der Waals surface area contributed by atoms with E-state index in [1.165, 1.54) is 0 Å². The van der Waals surface area contributed by atoms with Gasteiger partial charge in [0.2, 0.25) is 0 Å². The summed E-state index contributed by atoms with van der Waals surface area (Å²) in [6.45, 7) is -1.34. The van der Waals surface area contributed by atoms with Crippen molar-refractivity contribution < 1.29 is 18.0 Å². The van der Waals surface area contributed by atoms with E-state index in [-0.39, 0.29) is 6.54 Å². The summed E-state index contributed by atoms with van der Waals surface area (Å²) in [7, 11) is 0. The predicted octanol–water partition coefficient (Wildman–Crippen LogP) is -0.141. The summed E-state index contributed by atoms with van der Waals surface area (Å²) in [5.41, 5.74) is 5.19. The fourth-order valence-electron chi connectivity index (χ4n) is 0.969. The number of nitrogens with zero attached hydrogens (tertiary/aromatic N) is 1. The molecule has 1 atom stereocenters. The number of urea groups is 1. The molecule has 1 fully saturated rings. The summed E-state index contributed by atoms with van der Waals surface area (Å²) in [5, 5.41) is 2.15. The molecule has 3 N–H and O–H groups in total. The molecule has 7 heteroatoms. The maximum atomic E-state index is 11.7. The van der Waals surface area contributed by atoms with Gasteiger partial charge in [0.05, 0.1) is 12.7 Å². The second kappa shape index (κ2) is 2.81. The number of rotatable bonds is 1. The number of nitrogens with one attached hydrogen (secondary N) is 1. The molecule has 0 spiro atoms. The molecular weight excluding hydrogens is 175 g/mol. The molecule has 1 rings (SSSR count). The van der Waals surface area contributed by atoms with Gasteiger partial charge in [0.25, 0.3) is 0 Å². The largest absolute Gasteiger partial charge is 0.406 e. The monoisotopic (exact) mass is 183 g/mol. The average molecular weight is 183 g/mol. The topological polar surface area (TPSA) is 58.4 Å². The summed E-state index contributed by atoms with van der Waals surface area (Å²) in [5.74, 6) is 0. The lowest BCUT2D eigenvalue weighted by Gasteiger charge is -2.15. The highest BCUT2D eigenvalue weighted by Crippen LogP contribution is 2.17. The van der Waals surface area contributed by atoms with Crippen molar-refractivity contribution in [2.75, 3.05) is 13.1 Å². The van der Waals surface area contributed by atoms with E-state index in [1.807, 2.05) is 0 Å². The third-order valence-electron chi connectivity index (χ3n) is 1.38. The number of nitrogens with two attached hydrogens (primary N) is 1. The number of hydrogen-bond acceptors (Lipinski definition) is 2. The van der Waals surface area contributed by atoms with Gasteiger partial charge >= 0.3 is 12.2 Å². The SMILES string of the molecule is NC1CN(CC(F)(F)F)C(=O)N1. The normalized spacial score (nSPS) is 24.5. The first-order chi connectivity index (χ1) is 5.38. The fraction of sp³-hybridized carbons (Fsp3) is 0.800. The highest BCUT2D eigenvalue weighted by molar-refractivity contribution is 5.76. The smallest absolute Gasteiger partial charge is 0.321 e. The minimum atomic E-state index is -4.36. The van der Waals surface area contributed by atoms with Crippen LogP contribution in [0.1, 0.15) is 0 Å². The first kappa shape index (κ1) is 9.11. The number of halogens is 3. The zero-order valence-corrected chi connectivity index (χ0v) is 6.06. The lowest BCUT2D eigenvalue weighted by molar-refractivity contribution is -0.138. The molecule has 1 unspecified atom stereocenters. The average Bonchev–Trinajstić information content (AvgIpc) is 2.06. The van der Waals surface area contributed by atoms with Gasteiger partial charge in [-0.3, -0.25) is 0 Å². The summed E-state index contributed by atoms with van der Waals surface area (Å²) < 4.78 is 35.2. The van der Waals surface area contributed by atoms with Gasteiger partial charge in [0, 0.05) is 0 Å². The molecule has 0 aromatic heterocycles. The van der Waals surface area contributed by atoms with Crippen LogP contribution in [0.25, 0.3) is 0 Å². The van der Waals surface area contributed by atoms with E-state index < -0.39 is 24.9 Å². The van der Waals surface area contributed by atoms with E-state index in [2.05, 4.69) is 5.32 Å². The first-order valence-corrected chi connectivity index (χ1v) is 3.26. The van der Waals surface area contributed by atoms with E-state index >= 15 is 0 Å². The van der Waals surface area contributed by atoms with Gasteiger partial charge in [0.1, 0.15) is 6.54 Å². The summed E-state index contributed by atoms with van der Waals surface area (Å²) in [4.78, 5) is 11.3. The van der Waals surface area contributed by atoms with Crippen LogP contribution in [-0.2, 0) is 0 Å². The fourth-order valence-corrected chi connectivity index (χ4v) is 0.969. The van der Waals surface area contributed by atoms with Crippen LogP contribution in [0, 0.1) is 0 Å². The standard InChI is InChI=1S/C5H8F3N3O/c6-5(7,8)2-11-1-3(9)10-4(11)12/h3H,1-2,9H2,(H,10,12). The van der Waals surface area contributed by atoms with Crippen molar-refractivity contribution >= 4 is 6.03 Å². The Bertz CT molecular complexity index is 193. The molecule has 0 saturated carbocycles. The maximum absolute atomic E-state index is 11.7. The Morgan fingerprint density at radius 2 is 2.25 bits per heavy atom. The van der Waals surface area contributed by atoms with Gasteiger partial charge in [-0.2, -0.15) is 13.2 Å². The lowest BCUT2D eigenvalue weighted by atomic mass is 10.5. The zero-order valence-electron chi connectivity index (χ0n) is 6.06. The van der Waals surface area contributed by atoms with E-state index in [0.29, 0.717) is 4.90 Å². The van der Waals surface area contributed by atoms with Crippen LogP contribution in [0.3, 0.4) is 0 Å². The molecule has 0 aliphatic carbocycles. The first-order valence-electron chi connectivity index (χ1n) is 3.26. The van der Waals surface area contributed by atoms with Crippen molar-refractivity contribution in [3.05, 3.63) is 0 Å². The third kappa shape index (κ3) is 2.26. The molecular formula is C5H8F3N3O. The molecule has 0 aromatic carbocycles. The minimum Gasteiger partial charge on any atom is -0.321 e. The number of alkyl halides is 3. The Morgan fingerprint density at radius 1 is 1.67 bits per heavy atom. The summed E-state index contributed by atoms with van der Waals surface area (Å²) >= 11 is 0. The zero-order chi connectivity index (χ0) is 9.35. The number of carbonyl (C=O) groups excluding carboxylic acids is 1. The molecule has 1 aliphatic heterocycles. The van der Waals surface area contributed by atoms with Crippen LogP contribution < -0.4 is 11.1 Å². The molecule has 4 nitrogen and oxygen atoms in total. The molecule has 2 amide bonds. The molecule has 1 aliphatic rings. The summed E-state index contributed by atoms with van der Waals surface area (Å²) in [6.07, 6.45) is -5.05. The molecule has 0 bridgehead atoms. The second-order valence-electron chi connectivity index (χ2n) is 2.55.